The van der Waals surface area contributed by atoms with Gasteiger partial charge in [-0.2, -0.15) is 13.2 Å². The number of alkyl halides is 6. The van der Waals surface area contributed by atoms with E-state index in [1.807, 2.05) is 0 Å². The van der Waals surface area contributed by atoms with Gasteiger partial charge in [-0.25, -0.2) is 0 Å². The van der Waals surface area contributed by atoms with Crippen LogP contribution in [0.5, 0.6) is 0 Å². The highest BCUT2D eigenvalue weighted by atomic mass is 19.4. The molecule has 1 nitrogen and oxygen atoms in total. The molecule has 0 heterocycles. The maximum atomic E-state index is 11.4. The van der Waals surface area contributed by atoms with Crippen LogP contribution in [0.2, 0.25) is 0 Å². The summed E-state index contributed by atoms with van der Waals surface area (Å²) in [6.07, 6.45) is -13.0. The molecule has 1 unspecified atom stereocenters. The maximum Gasteiger partial charge on any atom is 0.523 e. The van der Waals surface area contributed by atoms with Crippen LogP contribution in [0.25, 0.3) is 0 Å². The van der Waals surface area contributed by atoms with Crippen LogP contribution < -0.4 is 0 Å². The van der Waals surface area contributed by atoms with Crippen molar-refractivity contribution >= 4 is 0 Å². The second-order valence-corrected chi connectivity index (χ2v) is 1.75. The first-order valence-corrected chi connectivity index (χ1v) is 2.44. The molecule has 0 saturated heterocycles. The van der Waals surface area contributed by atoms with E-state index in [0.717, 1.165) is 0 Å². The van der Waals surface area contributed by atoms with Gasteiger partial charge in [-0.15, -0.1) is 13.2 Å². The second kappa shape index (κ2) is 2.88. The van der Waals surface area contributed by atoms with Gasteiger partial charge in [0.25, 0.3) is 0 Å². The van der Waals surface area contributed by atoms with Crippen LogP contribution in [-0.4, -0.2) is 18.6 Å². The third kappa shape index (κ3) is 4.88. The summed E-state index contributed by atoms with van der Waals surface area (Å²) < 4.78 is 70.1. The lowest BCUT2D eigenvalue weighted by Crippen LogP contribution is -2.33. The Hall–Kier alpha value is -0.460. The van der Waals surface area contributed by atoms with E-state index in [1.165, 1.54) is 0 Å². The normalized spacial score (nSPS) is 16.6. The molecule has 0 aromatic rings. The molecule has 0 N–H and O–H groups in total. The van der Waals surface area contributed by atoms with Crippen molar-refractivity contribution in [2.45, 2.75) is 25.6 Å². The zero-order chi connectivity index (χ0) is 9.28. The fourth-order valence-electron chi connectivity index (χ4n) is 0.267. The molecule has 0 aromatic heterocycles. The first-order valence-electron chi connectivity index (χ1n) is 2.44. The number of halogens is 6. The van der Waals surface area contributed by atoms with Crippen molar-refractivity contribution in [1.82, 2.24) is 0 Å². The van der Waals surface area contributed by atoms with Gasteiger partial charge in [-0.3, -0.25) is 4.74 Å². The van der Waals surface area contributed by atoms with Crippen molar-refractivity contribution in [3.8, 4) is 0 Å². The molecular formula is C4H4F6O. The summed E-state index contributed by atoms with van der Waals surface area (Å²) in [5.74, 6) is 0. The summed E-state index contributed by atoms with van der Waals surface area (Å²) in [6.45, 7) is 0.285. The summed E-state index contributed by atoms with van der Waals surface area (Å²) in [5, 5.41) is 0. The predicted molar refractivity (Wildman–Crippen MR) is 22.7 cm³/mol. The Morgan fingerprint density at radius 1 is 1.00 bits per heavy atom. The van der Waals surface area contributed by atoms with Crippen molar-refractivity contribution in [3.05, 3.63) is 0 Å². The zero-order valence-corrected chi connectivity index (χ0v) is 5.25. The summed E-state index contributed by atoms with van der Waals surface area (Å²) in [7, 11) is 0. The smallest absolute Gasteiger partial charge is 0.279 e. The number of ether oxygens (including phenoxy) is 1. The highest BCUT2D eigenvalue weighted by molar-refractivity contribution is 4.60. The quantitative estimate of drug-likeness (QED) is 0.566. The van der Waals surface area contributed by atoms with Crippen LogP contribution in [0.15, 0.2) is 0 Å². The van der Waals surface area contributed by atoms with E-state index in [1.54, 1.807) is 0 Å². The summed E-state index contributed by atoms with van der Waals surface area (Å²) in [5.41, 5.74) is 0. The minimum absolute atomic E-state index is 0.285. The van der Waals surface area contributed by atoms with E-state index in [4.69, 9.17) is 0 Å². The topological polar surface area (TPSA) is 9.23 Å². The molecule has 0 radical (unpaired) electrons. The molecule has 11 heavy (non-hydrogen) atoms. The summed E-state index contributed by atoms with van der Waals surface area (Å²) in [4.78, 5) is 0. The Morgan fingerprint density at radius 2 is 1.36 bits per heavy atom. The largest absolute Gasteiger partial charge is 0.523 e. The summed E-state index contributed by atoms with van der Waals surface area (Å²) in [6, 6.07) is 0. The van der Waals surface area contributed by atoms with Gasteiger partial charge in [-0.1, -0.05) is 0 Å². The SMILES string of the molecule is CC(OC(F)(F)F)C(F)(F)F. The van der Waals surface area contributed by atoms with Gasteiger partial charge in [0.2, 0.25) is 0 Å². The fraction of sp³-hybridized carbons (Fsp3) is 1.00. The number of hydrogen-bond donors (Lipinski definition) is 0. The average molecular weight is 182 g/mol. The van der Waals surface area contributed by atoms with Crippen LogP contribution in [0.1, 0.15) is 6.92 Å². The standard InChI is InChI=1S/C4H4F6O/c1-2(3(5,6)7)11-4(8,9)10/h2H,1H3. The molecule has 0 aromatic carbocycles. The van der Waals surface area contributed by atoms with Crippen molar-refractivity contribution < 1.29 is 31.1 Å². The molecule has 0 amide bonds. The lowest BCUT2D eigenvalue weighted by atomic mass is 10.4. The maximum absolute atomic E-state index is 11.4. The molecule has 1 atom stereocenters. The van der Waals surface area contributed by atoms with E-state index in [0.29, 0.717) is 0 Å². The van der Waals surface area contributed by atoms with Gasteiger partial charge in [-0.05, 0) is 6.92 Å². The van der Waals surface area contributed by atoms with Gasteiger partial charge in [0.05, 0.1) is 0 Å². The molecular weight excluding hydrogens is 178 g/mol. The van der Waals surface area contributed by atoms with Crippen molar-refractivity contribution in [1.29, 1.82) is 0 Å². The third-order valence-corrected chi connectivity index (χ3v) is 0.771. The first kappa shape index (κ1) is 10.5. The van der Waals surface area contributed by atoms with Gasteiger partial charge in [0.1, 0.15) is 0 Å². The third-order valence-electron chi connectivity index (χ3n) is 0.771. The number of hydrogen-bond acceptors (Lipinski definition) is 1. The Kier molecular flexibility index (Phi) is 2.76. The van der Waals surface area contributed by atoms with E-state index in [-0.39, 0.29) is 6.92 Å². The predicted octanol–water partition coefficient (Wildman–Crippen LogP) is 2.47. The average Bonchev–Trinajstić information content (AvgIpc) is 1.56. The minimum atomic E-state index is -5.24. The van der Waals surface area contributed by atoms with Crippen LogP contribution in [0.4, 0.5) is 26.3 Å². The highest BCUT2D eigenvalue weighted by Gasteiger charge is 2.44. The Labute approximate surface area is 57.9 Å². The highest BCUT2D eigenvalue weighted by Crippen LogP contribution is 2.28. The molecule has 7 heteroatoms. The molecule has 0 aliphatic heterocycles. The van der Waals surface area contributed by atoms with E-state index < -0.39 is 18.6 Å². The van der Waals surface area contributed by atoms with Gasteiger partial charge >= 0.3 is 12.5 Å². The molecule has 0 rings (SSSR count). The van der Waals surface area contributed by atoms with Gasteiger partial charge < -0.3 is 0 Å². The van der Waals surface area contributed by atoms with Crippen molar-refractivity contribution in [3.63, 3.8) is 0 Å². The molecule has 0 fully saturated rings. The fourth-order valence-corrected chi connectivity index (χ4v) is 0.267. The molecule has 0 bridgehead atoms. The summed E-state index contributed by atoms with van der Waals surface area (Å²) >= 11 is 0. The molecule has 0 aliphatic carbocycles. The first-order chi connectivity index (χ1) is 4.63. The van der Waals surface area contributed by atoms with Gasteiger partial charge in [0, 0.05) is 0 Å². The molecule has 0 saturated carbocycles. The zero-order valence-electron chi connectivity index (χ0n) is 5.25. The van der Waals surface area contributed by atoms with Crippen molar-refractivity contribution in [2.24, 2.45) is 0 Å². The Balaban J connectivity index is 3.99. The molecule has 68 valence electrons. The van der Waals surface area contributed by atoms with E-state index >= 15 is 0 Å². The second-order valence-electron chi connectivity index (χ2n) is 1.75. The van der Waals surface area contributed by atoms with Crippen LogP contribution in [0, 0.1) is 0 Å². The molecule has 0 spiro atoms. The van der Waals surface area contributed by atoms with Crippen LogP contribution >= 0.6 is 0 Å². The monoisotopic (exact) mass is 182 g/mol. The number of rotatable bonds is 1. The Bertz CT molecular complexity index is 124. The van der Waals surface area contributed by atoms with Crippen molar-refractivity contribution in [2.75, 3.05) is 0 Å². The molecule has 0 aliphatic rings. The van der Waals surface area contributed by atoms with Crippen LogP contribution in [-0.2, 0) is 4.74 Å². The van der Waals surface area contributed by atoms with E-state index in [9.17, 15) is 26.3 Å². The van der Waals surface area contributed by atoms with E-state index in [2.05, 4.69) is 4.74 Å². The van der Waals surface area contributed by atoms with Gasteiger partial charge in [0.15, 0.2) is 6.10 Å². The minimum Gasteiger partial charge on any atom is -0.279 e. The van der Waals surface area contributed by atoms with Crippen LogP contribution in [0.3, 0.4) is 0 Å². The lowest BCUT2D eigenvalue weighted by Gasteiger charge is -2.17. The Morgan fingerprint density at radius 3 is 1.45 bits per heavy atom. The lowest BCUT2D eigenvalue weighted by molar-refractivity contribution is -0.376.